The minimum Gasteiger partial charge on any atom is -0.497 e. The summed E-state index contributed by atoms with van der Waals surface area (Å²) >= 11 is 0. The lowest BCUT2D eigenvalue weighted by Crippen LogP contribution is -2.49. The first kappa shape index (κ1) is 23.1. The van der Waals surface area contributed by atoms with Crippen molar-refractivity contribution in [2.24, 2.45) is 0 Å². The van der Waals surface area contributed by atoms with E-state index in [1.807, 2.05) is 47.4 Å². The summed E-state index contributed by atoms with van der Waals surface area (Å²) < 4.78 is 16.3. The summed E-state index contributed by atoms with van der Waals surface area (Å²) in [5, 5.41) is 5.07. The third kappa shape index (κ3) is 5.38. The van der Waals surface area contributed by atoms with Crippen molar-refractivity contribution in [3.63, 3.8) is 0 Å². The molecule has 0 radical (unpaired) electrons. The first-order valence-corrected chi connectivity index (χ1v) is 12.0. The number of rotatable bonds is 8. The number of carbonyl (C=O) groups is 1. The molecule has 8 nitrogen and oxygen atoms in total. The summed E-state index contributed by atoms with van der Waals surface area (Å²) in [6.45, 7) is 6.21. The predicted octanol–water partition coefficient (Wildman–Crippen LogP) is 4.12. The zero-order valence-corrected chi connectivity index (χ0v) is 20.2. The number of hydrogen-bond donors (Lipinski definition) is 0. The van der Waals surface area contributed by atoms with Crippen LogP contribution in [0.25, 0.3) is 22.4 Å². The van der Waals surface area contributed by atoms with Crippen molar-refractivity contribution in [2.75, 3.05) is 39.8 Å². The molecule has 4 aromatic rings. The van der Waals surface area contributed by atoms with Crippen molar-refractivity contribution in [3.05, 3.63) is 65.7 Å². The number of methoxy groups -OCH3 is 1. The van der Waals surface area contributed by atoms with Gasteiger partial charge in [0.25, 0.3) is 0 Å². The molecule has 2 aromatic carbocycles. The van der Waals surface area contributed by atoms with E-state index in [1.54, 1.807) is 13.4 Å². The number of amides is 1. The van der Waals surface area contributed by atoms with Gasteiger partial charge in [-0.1, -0.05) is 35.0 Å². The lowest BCUT2D eigenvalue weighted by atomic mass is 10.1. The van der Waals surface area contributed by atoms with Crippen LogP contribution in [0.2, 0.25) is 0 Å². The Labute approximate surface area is 204 Å². The number of fused-ring (bicyclic) bond motifs is 1. The van der Waals surface area contributed by atoms with Crippen molar-refractivity contribution in [1.29, 1.82) is 0 Å². The largest absolute Gasteiger partial charge is 0.497 e. The zero-order chi connectivity index (χ0) is 24.2. The summed E-state index contributed by atoms with van der Waals surface area (Å²) in [7, 11) is 1.63. The van der Waals surface area contributed by atoms with Gasteiger partial charge in [0.1, 0.15) is 11.3 Å². The lowest BCUT2D eigenvalue weighted by Gasteiger charge is -2.34. The number of ether oxygens (including phenoxy) is 1. The van der Waals surface area contributed by atoms with Crippen molar-refractivity contribution in [3.8, 4) is 17.1 Å². The molecule has 0 atom stereocenters. The maximum atomic E-state index is 12.9. The summed E-state index contributed by atoms with van der Waals surface area (Å²) in [5.74, 6) is 2.18. The molecule has 5 rings (SSSR count). The van der Waals surface area contributed by atoms with Crippen LogP contribution in [0.5, 0.6) is 5.75 Å². The summed E-state index contributed by atoms with van der Waals surface area (Å²) in [6, 6.07) is 13.8. The number of benzene rings is 2. The third-order valence-corrected chi connectivity index (χ3v) is 6.57. The van der Waals surface area contributed by atoms with Gasteiger partial charge >= 0.3 is 0 Å². The molecule has 0 saturated carbocycles. The lowest BCUT2D eigenvalue weighted by molar-refractivity contribution is -0.132. The van der Waals surface area contributed by atoms with E-state index in [1.165, 1.54) is 5.56 Å². The minimum absolute atomic E-state index is 0.137. The smallest absolute Gasteiger partial charge is 0.227 e. The fourth-order valence-electron chi connectivity index (χ4n) is 4.45. The average Bonchev–Trinajstić information content (AvgIpc) is 3.52. The molecular weight excluding hydrogens is 444 g/mol. The Hall–Kier alpha value is -3.65. The third-order valence-electron chi connectivity index (χ3n) is 6.57. The fraction of sp³-hybridized carbons (Fsp3) is 0.370. The number of carbonyl (C=O) groups excluding carboxylic acids is 1. The number of piperazine rings is 1. The highest BCUT2D eigenvalue weighted by atomic mass is 16.5. The van der Waals surface area contributed by atoms with Crippen molar-refractivity contribution < 1.29 is 18.5 Å². The highest BCUT2D eigenvalue weighted by Gasteiger charge is 2.22. The molecule has 1 aliphatic heterocycles. The molecule has 0 aliphatic carbocycles. The van der Waals surface area contributed by atoms with E-state index < -0.39 is 0 Å². The van der Waals surface area contributed by atoms with Gasteiger partial charge in [0.05, 0.1) is 19.8 Å². The molecule has 1 amide bonds. The van der Waals surface area contributed by atoms with Crippen LogP contribution in [0.3, 0.4) is 0 Å². The molecule has 0 N–H and O–H groups in total. The van der Waals surface area contributed by atoms with Gasteiger partial charge in [-0.15, -0.1) is 0 Å². The maximum Gasteiger partial charge on any atom is 0.227 e. The first-order chi connectivity index (χ1) is 17.1. The molecule has 1 fully saturated rings. The Morgan fingerprint density at radius 1 is 1.09 bits per heavy atom. The average molecular weight is 475 g/mol. The number of hydrogen-bond acceptors (Lipinski definition) is 7. The molecule has 3 heterocycles. The highest BCUT2D eigenvalue weighted by molar-refractivity contribution is 5.88. The molecule has 0 spiro atoms. The topological polar surface area (TPSA) is 84.8 Å². The van der Waals surface area contributed by atoms with Crippen LogP contribution in [-0.4, -0.2) is 65.7 Å². The first-order valence-electron chi connectivity index (χ1n) is 12.0. The molecule has 1 saturated heterocycles. The predicted molar refractivity (Wildman–Crippen MR) is 132 cm³/mol. The molecule has 8 heteroatoms. The van der Waals surface area contributed by atoms with E-state index in [0.717, 1.165) is 73.4 Å². The monoisotopic (exact) mass is 474 g/mol. The van der Waals surface area contributed by atoms with Crippen LogP contribution < -0.4 is 4.74 Å². The molecule has 2 aromatic heterocycles. The second kappa shape index (κ2) is 10.3. The molecule has 182 valence electrons. The summed E-state index contributed by atoms with van der Waals surface area (Å²) in [6.07, 6.45) is 3.71. The normalized spacial score (nSPS) is 14.5. The zero-order valence-electron chi connectivity index (χ0n) is 20.2. The maximum absolute atomic E-state index is 12.9. The van der Waals surface area contributed by atoms with Gasteiger partial charge in [-0.25, -0.2) is 0 Å². The Bertz CT molecular complexity index is 1290. The van der Waals surface area contributed by atoms with Gasteiger partial charge in [0.2, 0.25) is 17.6 Å². The minimum atomic E-state index is 0.137. The Morgan fingerprint density at radius 2 is 1.89 bits per heavy atom. The van der Waals surface area contributed by atoms with Gasteiger partial charge < -0.3 is 18.6 Å². The molecule has 0 bridgehead atoms. The van der Waals surface area contributed by atoms with Crippen LogP contribution in [-0.2, 0) is 17.6 Å². The van der Waals surface area contributed by atoms with Crippen molar-refractivity contribution in [1.82, 2.24) is 19.9 Å². The van der Waals surface area contributed by atoms with E-state index in [0.29, 0.717) is 18.1 Å². The van der Waals surface area contributed by atoms with Crippen LogP contribution >= 0.6 is 0 Å². The molecule has 35 heavy (non-hydrogen) atoms. The number of furan rings is 1. The number of nitrogens with zero attached hydrogens (tertiary/aromatic N) is 4. The molecular formula is C27H30N4O4. The standard InChI is InChI=1S/C27H30N4O4/c1-19-5-7-20(8-6-19)27-28-25(35-29-27)4-3-11-30-12-14-31(15-13-30)26(32)16-21-18-34-24-17-22(33-2)9-10-23(21)24/h5-10,17-18H,3-4,11-16H2,1-2H3. The van der Waals surface area contributed by atoms with E-state index in [9.17, 15) is 4.79 Å². The van der Waals surface area contributed by atoms with Crippen LogP contribution in [0.4, 0.5) is 0 Å². The van der Waals surface area contributed by atoms with Gasteiger partial charge in [0, 0.05) is 55.2 Å². The SMILES string of the molecule is COc1ccc2c(CC(=O)N3CCN(CCCc4nc(-c5ccc(C)cc5)no4)CC3)coc2c1. The van der Waals surface area contributed by atoms with E-state index >= 15 is 0 Å². The second-order valence-electron chi connectivity index (χ2n) is 9.00. The van der Waals surface area contributed by atoms with Crippen LogP contribution in [0.1, 0.15) is 23.4 Å². The quantitative estimate of drug-likeness (QED) is 0.380. The number of aromatic nitrogens is 2. The Kier molecular flexibility index (Phi) is 6.81. The summed E-state index contributed by atoms with van der Waals surface area (Å²) in [4.78, 5) is 21.8. The van der Waals surface area contributed by atoms with Gasteiger partial charge in [0.15, 0.2) is 0 Å². The summed E-state index contributed by atoms with van der Waals surface area (Å²) in [5.41, 5.74) is 3.83. The van der Waals surface area contributed by atoms with Crippen LogP contribution in [0.15, 0.2) is 57.7 Å². The molecule has 0 unspecified atom stereocenters. The second-order valence-corrected chi connectivity index (χ2v) is 9.00. The Balaban J connectivity index is 1.06. The van der Waals surface area contributed by atoms with E-state index in [2.05, 4.69) is 22.0 Å². The van der Waals surface area contributed by atoms with E-state index in [4.69, 9.17) is 13.7 Å². The van der Waals surface area contributed by atoms with Crippen LogP contribution in [0, 0.1) is 6.92 Å². The van der Waals surface area contributed by atoms with Gasteiger partial charge in [-0.05, 0) is 32.0 Å². The van der Waals surface area contributed by atoms with Gasteiger partial charge in [-0.2, -0.15) is 4.98 Å². The van der Waals surface area contributed by atoms with Crippen molar-refractivity contribution in [2.45, 2.75) is 26.2 Å². The van der Waals surface area contributed by atoms with E-state index in [-0.39, 0.29) is 5.91 Å². The highest BCUT2D eigenvalue weighted by Crippen LogP contribution is 2.26. The van der Waals surface area contributed by atoms with Crippen molar-refractivity contribution >= 4 is 16.9 Å². The number of aryl methyl sites for hydroxylation is 2. The Morgan fingerprint density at radius 3 is 2.66 bits per heavy atom. The fourth-order valence-corrected chi connectivity index (χ4v) is 4.45. The van der Waals surface area contributed by atoms with Gasteiger partial charge in [-0.3, -0.25) is 9.69 Å². The molecule has 1 aliphatic rings.